The van der Waals surface area contributed by atoms with Crippen LogP contribution in [0.1, 0.15) is 31.4 Å². The molecule has 0 saturated carbocycles. The Bertz CT molecular complexity index is 840. The molecule has 0 heterocycles. The summed E-state index contributed by atoms with van der Waals surface area (Å²) in [6, 6.07) is 12.0. The number of rotatable bonds is 9. The van der Waals surface area contributed by atoms with E-state index in [4.69, 9.17) is 27.9 Å². The zero-order valence-electron chi connectivity index (χ0n) is 16.9. The third kappa shape index (κ3) is 6.38. The summed E-state index contributed by atoms with van der Waals surface area (Å²) >= 11 is 12.1. The summed E-state index contributed by atoms with van der Waals surface area (Å²) in [5.74, 6) is 0.418. The van der Waals surface area contributed by atoms with Crippen LogP contribution in [0.25, 0.3) is 0 Å². The highest BCUT2D eigenvalue weighted by Crippen LogP contribution is 2.24. The third-order valence-electron chi connectivity index (χ3n) is 4.59. The predicted molar refractivity (Wildman–Crippen MR) is 116 cm³/mol. The molecule has 156 valence electrons. The normalized spacial score (nSPS) is 11.6. The molecule has 0 spiro atoms. The lowest BCUT2D eigenvalue weighted by atomic mass is 10.1. The van der Waals surface area contributed by atoms with Gasteiger partial charge in [-0.1, -0.05) is 48.3 Å². The van der Waals surface area contributed by atoms with Gasteiger partial charge in [0.1, 0.15) is 11.8 Å². The maximum Gasteiger partial charge on any atom is 0.242 e. The van der Waals surface area contributed by atoms with Crippen molar-refractivity contribution in [3.8, 4) is 5.75 Å². The second kappa shape index (κ2) is 11.1. The highest BCUT2D eigenvalue weighted by molar-refractivity contribution is 6.42. The summed E-state index contributed by atoms with van der Waals surface area (Å²) in [5, 5.41) is 3.66. The standard InChI is InChI=1S/C22H26Cl2N2O3/c1-4-20(22(28)25-5-2)26(14-15-6-9-17(29-3)10-7-15)21(27)13-16-8-11-18(23)19(24)12-16/h6-12,20H,4-5,13-14H2,1-3H3,(H,25,28). The molecule has 2 amide bonds. The molecule has 29 heavy (non-hydrogen) atoms. The lowest BCUT2D eigenvalue weighted by Gasteiger charge is -2.30. The number of likely N-dealkylation sites (N-methyl/N-ethyl adjacent to an activating group) is 1. The van der Waals surface area contributed by atoms with Gasteiger partial charge in [-0.25, -0.2) is 0 Å². The number of halogens is 2. The molecule has 2 aromatic carbocycles. The van der Waals surface area contributed by atoms with E-state index in [1.807, 2.05) is 38.1 Å². The van der Waals surface area contributed by atoms with E-state index in [0.717, 1.165) is 16.9 Å². The van der Waals surface area contributed by atoms with Crippen molar-refractivity contribution in [3.05, 3.63) is 63.6 Å². The fourth-order valence-electron chi connectivity index (χ4n) is 3.06. The van der Waals surface area contributed by atoms with Gasteiger partial charge in [0.2, 0.25) is 11.8 Å². The van der Waals surface area contributed by atoms with Crippen LogP contribution < -0.4 is 10.1 Å². The van der Waals surface area contributed by atoms with E-state index in [2.05, 4.69) is 5.32 Å². The molecule has 0 aliphatic carbocycles. The molecule has 0 aromatic heterocycles. The Labute approximate surface area is 181 Å². The first kappa shape index (κ1) is 23.0. The minimum Gasteiger partial charge on any atom is -0.497 e. The van der Waals surface area contributed by atoms with Crippen LogP contribution in [-0.4, -0.2) is 36.4 Å². The van der Waals surface area contributed by atoms with Crippen molar-refractivity contribution in [2.24, 2.45) is 0 Å². The van der Waals surface area contributed by atoms with Crippen molar-refractivity contribution in [2.45, 2.75) is 39.3 Å². The molecule has 0 bridgehead atoms. The minimum atomic E-state index is -0.563. The first-order valence-electron chi connectivity index (χ1n) is 9.53. The van der Waals surface area contributed by atoms with Crippen LogP contribution in [0.5, 0.6) is 5.75 Å². The lowest BCUT2D eigenvalue weighted by Crippen LogP contribution is -2.49. The molecule has 0 saturated heterocycles. The Morgan fingerprint density at radius 1 is 1.03 bits per heavy atom. The van der Waals surface area contributed by atoms with Gasteiger partial charge in [-0.15, -0.1) is 0 Å². The fourth-order valence-corrected chi connectivity index (χ4v) is 3.39. The average Bonchev–Trinajstić information content (AvgIpc) is 2.71. The van der Waals surface area contributed by atoms with Crippen molar-refractivity contribution >= 4 is 35.0 Å². The largest absolute Gasteiger partial charge is 0.497 e. The molecule has 2 aromatic rings. The second-order valence-corrected chi connectivity index (χ2v) is 7.43. The summed E-state index contributed by atoms with van der Waals surface area (Å²) in [6.45, 7) is 4.58. The van der Waals surface area contributed by atoms with Crippen LogP contribution in [0.2, 0.25) is 10.0 Å². The number of amides is 2. The van der Waals surface area contributed by atoms with Crippen molar-refractivity contribution < 1.29 is 14.3 Å². The van der Waals surface area contributed by atoms with Crippen molar-refractivity contribution in [3.63, 3.8) is 0 Å². The number of hydrogen-bond acceptors (Lipinski definition) is 3. The van der Waals surface area contributed by atoms with Gasteiger partial charge in [0.15, 0.2) is 0 Å². The summed E-state index contributed by atoms with van der Waals surface area (Å²) in [6.07, 6.45) is 0.637. The van der Waals surface area contributed by atoms with E-state index in [1.54, 1.807) is 30.2 Å². The molecule has 0 aliphatic rings. The molecule has 1 atom stereocenters. The van der Waals surface area contributed by atoms with Gasteiger partial charge >= 0.3 is 0 Å². The quantitative estimate of drug-likeness (QED) is 0.629. The first-order chi connectivity index (χ1) is 13.9. The Morgan fingerprint density at radius 2 is 1.69 bits per heavy atom. The zero-order chi connectivity index (χ0) is 21.4. The number of carbonyl (C=O) groups is 2. The molecule has 0 fully saturated rings. The molecule has 5 nitrogen and oxygen atoms in total. The number of benzene rings is 2. The molecular weight excluding hydrogens is 411 g/mol. The molecular formula is C22H26Cl2N2O3. The average molecular weight is 437 g/mol. The summed E-state index contributed by atoms with van der Waals surface area (Å²) in [4.78, 5) is 27.4. The van der Waals surface area contributed by atoms with E-state index in [0.29, 0.717) is 29.6 Å². The Hall–Kier alpha value is -2.24. The van der Waals surface area contributed by atoms with E-state index < -0.39 is 6.04 Å². The SMILES string of the molecule is CCNC(=O)C(CC)N(Cc1ccc(OC)cc1)C(=O)Cc1ccc(Cl)c(Cl)c1. The maximum absolute atomic E-state index is 13.2. The highest BCUT2D eigenvalue weighted by atomic mass is 35.5. The van der Waals surface area contributed by atoms with Crippen LogP contribution in [0.4, 0.5) is 0 Å². The Balaban J connectivity index is 2.28. The van der Waals surface area contributed by atoms with Gasteiger partial charge in [0, 0.05) is 13.1 Å². The van der Waals surface area contributed by atoms with Gasteiger partial charge in [0.25, 0.3) is 0 Å². The zero-order valence-corrected chi connectivity index (χ0v) is 18.4. The number of ether oxygens (including phenoxy) is 1. The van der Waals surface area contributed by atoms with Crippen LogP contribution in [0.15, 0.2) is 42.5 Å². The summed E-state index contributed by atoms with van der Waals surface area (Å²) < 4.78 is 5.19. The minimum absolute atomic E-state index is 0.128. The van der Waals surface area contributed by atoms with Gasteiger partial charge < -0.3 is 15.0 Å². The van der Waals surface area contributed by atoms with Gasteiger partial charge in [-0.2, -0.15) is 0 Å². The fraction of sp³-hybridized carbons (Fsp3) is 0.364. The van der Waals surface area contributed by atoms with E-state index in [1.165, 1.54) is 0 Å². The van der Waals surface area contributed by atoms with E-state index in [9.17, 15) is 9.59 Å². The van der Waals surface area contributed by atoms with Crippen LogP contribution in [-0.2, 0) is 22.6 Å². The highest BCUT2D eigenvalue weighted by Gasteiger charge is 2.28. The van der Waals surface area contributed by atoms with E-state index in [-0.39, 0.29) is 18.2 Å². The molecule has 1 N–H and O–H groups in total. The molecule has 1 unspecified atom stereocenters. The maximum atomic E-state index is 13.2. The van der Waals surface area contributed by atoms with Gasteiger partial charge in [0.05, 0.1) is 23.6 Å². The number of nitrogens with one attached hydrogen (secondary N) is 1. The van der Waals surface area contributed by atoms with Crippen molar-refractivity contribution in [1.82, 2.24) is 10.2 Å². The van der Waals surface area contributed by atoms with Crippen LogP contribution >= 0.6 is 23.2 Å². The lowest BCUT2D eigenvalue weighted by molar-refractivity contribution is -0.140. The third-order valence-corrected chi connectivity index (χ3v) is 5.33. The summed E-state index contributed by atoms with van der Waals surface area (Å²) in [7, 11) is 1.60. The van der Waals surface area contributed by atoms with Crippen molar-refractivity contribution in [1.29, 1.82) is 0 Å². The number of nitrogens with zero attached hydrogens (tertiary/aromatic N) is 1. The monoisotopic (exact) mass is 436 g/mol. The second-order valence-electron chi connectivity index (χ2n) is 6.61. The number of carbonyl (C=O) groups excluding carboxylic acids is 2. The Morgan fingerprint density at radius 3 is 2.24 bits per heavy atom. The van der Waals surface area contributed by atoms with Crippen LogP contribution in [0, 0.1) is 0 Å². The van der Waals surface area contributed by atoms with E-state index >= 15 is 0 Å². The molecule has 2 rings (SSSR count). The molecule has 0 aliphatic heterocycles. The van der Waals surface area contributed by atoms with Crippen molar-refractivity contribution in [2.75, 3.05) is 13.7 Å². The summed E-state index contributed by atoms with van der Waals surface area (Å²) in [5.41, 5.74) is 1.66. The molecule has 0 radical (unpaired) electrons. The van der Waals surface area contributed by atoms with Crippen LogP contribution in [0.3, 0.4) is 0 Å². The Kier molecular flexibility index (Phi) is 8.80. The first-order valence-corrected chi connectivity index (χ1v) is 10.3. The predicted octanol–water partition coefficient (Wildman–Crippen LogP) is 4.49. The number of methoxy groups -OCH3 is 1. The van der Waals surface area contributed by atoms with Gasteiger partial charge in [-0.05, 0) is 48.7 Å². The number of hydrogen-bond donors (Lipinski definition) is 1. The smallest absolute Gasteiger partial charge is 0.242 e. The van der Waals surface area contributed by atoms with Gasteiger partial charge in [-0.3, -0.25) is 9.59 Å². The topological polar surface area (TPSA) is 58.6 Å². The molecule has 7 heteroatoms.